The van der Waals surface area contributed by atoms with E-state index in [9.17, 15) is 14.0 Å². The molecule has 110 valence electrons. The van der Waals surface area contributed by atoms with Crippen molar-refractivity contribution in [3.05, 3.63) is 35.1 Å². The summed E-state index contributed by atoms with van der Waals surface area (Å²) >= 11 is 0. The first-order chi connectivity index (χ1) is 9.07. The van der Waals surface area contributed by atoms with E-state index >= 15 is 0 Å². The molecule has 0 fully saturated rings. The van der Waals surface area contributed by atoms with Crippen molar-refractivity contribution in [1.82, 2.24) is 5.32 Å². The van der Waals surface area contributed by atoms with Gasteiger partial charge in [-0.3, -0.25) is 0 Å². The van der Waals surface area contributed by atoms with E-state index in [0.29, 0.717) is 17.4 Å². The summed E-state index contributed by atoms with van der Waals surface area (Å²) < 4.78 is 18.4. The lowest BCUT2D eigenvalue weighted by atomic mass is 9.92. The van der Waals surface area contributed by atoms with E-state index in [1.807, 2.05) is 0 Å². The van der Waals surface area contributed by atoms with Crippen LogP contribution in [0.25, 0.3) is 0 Å². The molecule has 0 spiro atoms. The van der Waals surface area contributed by atoms with Gasteiger partial charge >= 0.3 is 6.09 Å². The van der Waals surface area contributed by atoms with Crippen molar-refractivity contribution in [2.24, 2.45) is 0 Å². The molecule has 1 aromatic carbocycles. The van der Waals surface area contributed by atoms with E-state index in [1.165, 1.54) is 25.1 Å². The van der Waals surface area contributed by atoms with Gasteiger partial charge in [-0.05, 0) is 51.8 Å². The number of aldehydes is 1. The van der Waals surface area contributed by atoms with Crippen molar-refractivity contribution in [3.63, 3.8) is 0 Å². The van der Waals surface area contributed by atoms with Gasteiger partial charge in [0, 0.05) is 0 Å². The van der Waals surface area contributed by atoms with Gasteiger partial charge in [0.2, 0.25) is 0 Å². The average molecular weight is 281 g/mol. The Bertz CT molecular complexity index is 522. The fourth-order valence-corrected chi connectivity index (χ4v) is 1.65. The molecular weight excluding hydrogens is 261 g/mol. The summed E-state index contributed by atoms with van der Waals surface area (Å²) in [6, 6.07) is 4.26. The number of nitrogens with one attached hydrogen (secondary N) is 1. The summed E-state index contributed by atoms with van der Waals surface area (Å²) in [5, 5.41) is 2.51. The molecular formula is C15H20FNO3. The van der Waals surface area contributed by atoms with Gasteiger partial charge in [0.25, 0.3) is 0 Å². The van der Waals surface area contributed by atoms with Crippen LogP contribution in [0.3, 0.4) is 0 Å². The molecule has 0 aliphatic carbocycles. The van der Waals surface area contributed by atoms with Crippen LogP contribution < -0.4 is 5.32 Å². The van der Waals surface area contributed by atoms with Crippen molar-refractivity contribution >= 4 is 12.4 Å². The van der Waals surface area contributed by atoms with Crippen molar-refractivity contribution in [2.75, 3.05) is 0 Å². The number of carbonyl (C=O) groups is 2. The van der Waals surface area contributed by atoms with Gasteiger partial charge in [0.05, 0.1) is 0 Å². The lowest BCUT2D eigenvalue weighted by molar-refractivity contribution is -0.113. The Balaban J connectivity index is 2.99. The third-order valence-electron chi connectivity index (χ3n) is 2.75. The van der Waals surface area contributed by atoms with Crippen LogP contribution in [0, 0.1) is 12.7 Å². The average Bonchev–Trinajstić information content (AvgIpc) is 2.29. The highest BCUT2D eigenvalue weighted by molar-refractivity contribution is 5.78. The lowest BCUT2D eigenvalue weighted by Gasteiger charge is -2.28. The first-order valence-electron chi connectivity index (χ1n) is 6.31. The number of benzene rings is 1. The summed E-state index contributed by atoms with van der Waals surface area (Å²) in [5.41, 5.74) is -1.02. The lowest BCUT2D eigenvalue weighted by Crippen LogP contribution is -2.47. The van der Waals surface area contributed by atoms with Crippen LogP contribution in [-0.4, -0.2) is 18.0 Å². The summed E-state index contributed by atoms with van der Waals surface area (Å²) in [7, 11) is 0. The molecule has 5 heteroatoms. The van der Waals surface area contributed by atoms with Gasteiger partial charge in [0.15, 0.2) is 0 Å². The van der Waals surface area contributed by atoms with Gasteiger partial charge in [0.1, 0.15) is 23.2 Å². The van der Waals surface area contributed by atoms with Crippen molar-refractivity contribution in [2.45, 2.75) is 45.8 Å². The summed E-state index contributed by atoms with van der Waals surface area (Å²) in [6.07, 6.45) is -0.0991. The Morgan fingerprint density at radius 1 is 1.30 bits per heavy atom. The number of halogens is 1. The number of carbonyl (C=O) groups excluding carboxylic acids is 2. The fourth-order valence-electron chi connectivity index (χ4n) is 1.65. The van der Waals surface area contributed by atoms with Crippen molar-refractivity contribution < 1.29 is 18.7 Å². The third-order valence-corrected chi connectivity index (χ3v) is 2.75. The molecule has 1 N–H and O–H groups in total. The highest BCUT2D eigenvalue weighted by Crippen LogP contribution is 2.22. The van der Waals surface area contributed by atoms with Crippen LogP contribution in [-0.2, 0) is 15.1 Å². The number of amides is 1. The van der Waals surface area contributed by atoms with E-state index in [0.717, 1.165) is 0 Å². The highest BCUT2D eigenvalue weighted by Gasteiger charge is 2.30. The zero-order chi connectivity index (χ0) is 15.6. The van der Waals surface area contributed by atoms with E-state index in [-0.39, 0.29) is 5.82 Å². The molecule has 1 aromatic rings. The predicted octanol–water partition coefficient (Wildman–Crippen LogP) is 3.07. The zero-order valence-corrected chi connectivity index (χ0v) is 12.4. The third kappa shape index (κ3) is 4.05. The van der Waals surface area contributed by atoms with Crippen LogP contribution in [0.1, 0.15) is 38.8 Å². The maximum absolute atomic E-state index is 13.3. The number of hydrogen-bond donors (Lipinski definition) is 1. The van der Waals surface area contributed by atoms with Crippen LogP contribution in [0.5, 0.6) is 0 Å². The smallest absolute Gasteiger partial charge is 0.408 e. The number of rotatable bonds is 3. The molecule has 0 saturated carbocycles. The minimum atomic E-state index is -1.26. The van der Waals surface area contributed by atoms with Crippen molar-refractivity contribution in [3.8, 4) is 0 Å². The molecule has 0 saturated heterocycles. The van der Waals surface area contributed by atoms with E-state index < -0.39 is 17.2 Å². The van der Waals surface area contributed by atoms with Crippen LogP contribution in [0.15, 0.2) is 18.2 Å². The Labute approximate surface area is 118 Å². The van der Waals surface area contributed by atoms with Gasteiger partial charge in [-0.2, -0.15) is 0 Å². The van der Waals surface area contributed by atoms with Gasteiger partial charge in [-0.15, -0.1) is 0 Å². The minimum Gasteiger partial charge on any atom is -0.444 e. The molecule has 0 bridgehead atoms. The second-order valence-corrected chi connectivity index (χ2v) is 5.91. The Morgan fingerprint density at radius 2 is 1.90 bits per heavy atom. The molecule has 0 aromatic heterocycles. The quantitative estimate of drug-likeness (QED) is 0.866. The molecule has 1 amide bonds. The van der Waals surface area contributed by atoms with Gasteiger partial charge in [-0.25, -0.2) is 9.18 Å². The largest absolute Gasteiger partial charge is 0.444 e. The normalized spacial score (nSPS) is 14.3. The second-order valence-electron chi connectivity index (χ2n) is 5.91. The molecule has 0 aliphatic rings. The van der Waals surface area contributed by atoms with Crippen LogP contribution in [0.4, 0.5) is 9.18 Å². The fraction of sp³-hybridized carbons (Fsp3) is 0.467. The monoisotopic (exact) mass is 281 g/mol. The maximum atomic E-state index is 13.3. The molecule has 0 heterocycles. The number of aryl methyl sites for hydroxylation is 1. The molecule has 4 nitrogen and oxygen atoms in total. The van der Waals surface area contributed by atoms with E-state index in [1.54, 1.807) is 27.7 Å². The molecule has 20 heavy (non-hydrogen) atoms. The predicted molar refractivity (Wildman–Crippen MR) is 73.9 cm³/mol. The molecule has 0 radical (unpaired) electrons. The molecule has 1 unspecified atom stereocenters. The Hall–Kier alpha value is -1.91. The van der Waals surface area contributed by atoms with Gasteiger partial charge < -0.3 is 14.8 Å². The highest BCUT2D eigenvalue weighted by atomic mass is 19.1. The number of hydrogen-bond acceptors (Lipinski definition) is 3. The standard InChI is InChI=1S/C15H20FNO3/c1-10-8-11(6-7-12(10)16)15(5,9-18)17-13(19)20-14(2,3)4/h6-9H,1-5H3,(H,17,19). The molecule has 1 rings (SSSR count). The number of alkyl carbamates (subject to hydrolysis) is 1. The SMILES string of the molecule is Cc1cc(C(C)(C=O)NC(=O)OC(C)(C)C)ccc1F. The van der Waals surface area contributed by atoms with Crippen LogP contribution >= 0.6 is 0 Å². The summed E-state index contributed by atoms with van der Waals surface area (Å²) in [6.45, 7) is 8.32. The summed E-state index contributed by atoms with van der Waals surface area (Å²) in [5.74, 6) is -0.362. The van der Waals surface area contributed by atoms with Crippen molar-refractivity contribution in [1.29, 1.82) is 0 Å². The van der Waals surface area contributed by atoms with E-state index in [2.05, 4.69) is 5.32 Å². The Morgan fingerprint density at radius 3 is 2.35 bits per heavy atom. The Kier molecular flexibility index (Phi) is 4.53. The topological polar surface area (TPSA) is 55.4 Å². The minimum absolute atomic E-state index is 0.362. The van der Waals surface area contributed by atoms with Gasteiger partial charge in [-0.1, -0.05) is 12.1 Å². The maximum Gasteiger partial charge on any atom is 0.408 e. The second kappa shape index (κ2) is 5.61. The number of ether oxygens (including phenoxy) is 1. The van der Waals surface area contributed by atoms with E-state index in [4.69, 9.17) is 4.74 Å². The molecule has 1 atom stereocenters. The molecule has 0 aliphatic heterocycles. The zero-order valence-electron chi connectivity index (χ0n) is 12.4. The van der Waals surface area contributed by atoms with Crippen LogP contribution in [0.2, 0.25) is 0 Å². The summed E-state index contributed by atoms with van der Waals surface area (Å²) in [4.78, 5) is 23.2. The first kappa shape index (κ1) is 16.1. The first-order valence-corrected chi connectivity index (χ1v) is 6.31.